The van der Waals surface area contributed by atoms with E-state index in [0.29, 0.717) is 19.0 Å². The van der Waals surface area contributed by atoms with E-state index in [4.69, 9.17) is 11.6 Å². The van der Waals surface area contributed by atoms with Gasteiger partial charge in [0.2, 0.25) is 11.2 Å². The molecule has 0 radical (unpaired) electrons. The van der Waals surface area contributed by atoms with Gasteiger partial charge in [-0.25, -0.2) is 28.4 Å². The molecule has 1 saturated heterocycles. The summed E-state index contributed by atoms with van der Waals surface area (Å²) in [5.74, 6) is 0.965. The Morgan fingerprint density at radius 3 is 1.78 bits per heavy atom. The summed E-state index contributed by atoms with van der Waals surface area (Å²) in [5, 5.41) is 0.271. The summed E-state index contributed by atoms with van der Waals surface area (Å²) in [6, 6.07) is 0. The maximum atomic E-state index is 11.2. The summed E-state index contributed by atoms with van der Waals surface area (Å²) in [6.45, 7) is 0.952. The number of nitrogens with zero attached hydrogens (tertiary/aromatic N) is 5. The van der Waals surface area contributed by atoms with E-state index in [1.165, 1.54) is 0 Å². The largest absolute Gasteiger partial charge is 0.339 e. The van der Waals surface area contributed by atoms with E-state index >= 15 is 0 Å². The highest BCUT2D eigenvalue weighted by Gasteiger charge is 2.22. The Balaban J connectivity index is 0.000000203. The number of sulfone groups is 1. The summed E-state index contributed by atoms with van der Waals surface area (Å²) in [7, 11) is -2.84. The minimum atomic E-state index is -2.84. The van der Waals surface area contributed by atoms with Gasteiger partial charge in [0.05, 0.1) is 20.5 Å². The fourth-order valence-corrected chi connectivity index (χ4v) is 3.39. The van der Waals surface area contributed by atoms with Crippen molar-refractivity contribution in [2.75, 3.05) is 29.5 Å². The van der Waals surface area contributed by atoms with Crippen molar-refractivity contribution in [1.82, 2.24) is 19.9 Å². The highest BCUT2D eigenvalue weighted by Crippen LogP contribution is 2.13. The van der Waals surface area contributed by atoms with Crippen molar-refractivity contribution < 1.29 is 8.42 Å². The number of rotatable bonds is 1. The molecule has 0 saturated carbocycles. The summed E-state index contributed by atoms with van der Waals surface area (Å²) in [4.78, 5) is 17.5. The molecule has 0 unspecified atom stereocenters. The SMILES string of the molecule is Clc1ncc(Br)cn1.O=S1(=O)CCN(c2ncc(Br)cn2)CC1. The van der Waals surface area contributed by atoms with E-state index in [9.17, 15) is 8.42 Å². The van der Waals surface area contributed by atoms with Crippen LogP contribution in [0.15, 0.2) is 33.7 Å². The highest BCUT2D eigenvalue weighted by atomic mass is 79.9. The Labute approximate surface area is 155 Å². The van der Waals surface area contributed by atoms with Crippen LogP contribution in [0.3, 0.4) is 0 Å². The first-order valence-corrected chi connectivity index (χ1v) is 10.2. The molecule has 0 aliphatic carbocycles. The van der Waals surface area contributed by atoms with Crippen LogP contribution in [0.5, 0.6) is 0 Å². The first-order chi connectivity index (χ1) is 10.9. The first-order valence-electron chi connectivity index (χ1n) is 6.42. The molecular weight excluding hydrogens is 473 g/mol. The topological polar surface area (TPSA) is 88.9 Å². The Kier molecular flexibility index (Phi) is 6.69. The molecule has 1 aliphatic heterocycles. The summed E-state index contributed by atoms with van der Waals surface area (Å²) < 4.78 is 24.1. The van der Waals surface area contributed by atoms with Gasteiger partial charge in [-0.3, -0.25) is 0 Å². The molecule has 11 heteroatoms. The molecule has 3 rings (SSSR count). The van der Waals surface area contributed by atoms with Gasteiger partial charge < -0.3 is 4.90 Å². The van der Waals surface area contributed by atoms with Gasteiger partial charge in [0, 0.05) is 37.9 Å². The summed E-state index contributed by atoms with van der Waals surface area (Å²) in [6.07, 6.45) is 6.50. The van der Waals surface area contributed by atoms with Crippen LogP contribution in [-0.2, 0) is 9.84 Å². The number of aromatic nitrogens is 4. The molecule has 1 fully saturated rings. The van der Waals surface area contributed by atoms with Crippen LogP contribution in [0.4, 0.5) is 5.95 Å². The van der Waals surface area contributed by atoms with Crippen molar-refractivity contribution in [3.05, 3.63) is 39.0 Å². The van der Waals surface area contributed by atoms with E-state index in [0.717, 1.165) is 8.95 Å². The van der Waals surface area contributed by atoms with Crippen molar-refractivity contribution in [2.45, 2.75) is 0 Å². The lowest BCUT2D eigenvalue weighted by atomic mass is 10.5. The molecule has 0 atom stereocenters. The van der Waals surface area contributed by atoms with Gasteiger partial charge in [0.25, 0.3) is 0 Å². The average molecular weight is 486 g/mol. The van der Waals surface area contributed by atoms with Gasteiger partial charge >= 0.3 is 0 Å². The van der Waals surface area contributed by atoms with Gasteiger partial charge in [0.15, 0.2) is 9.84 Å². The van der Waals surface area contributed by atoms with Crippen molar-refractivity contribution in [3.63, 3.8) is 0 Å². The van der Waals surface area contributed by atoms with Crippen LogP contribution >= 0.6 is 43.5 Å². The molecule has 124 valence electrons. The fourth-order valence-electron chi connectivity index (χ4n) is 1.68. The molecule has 3 heterocycles. The molecule has 0 N–H and O–H groups in total. The maximum Gasteiger partial charge on any atom is 0.225 e. The number of hydrogen-bond acceptors (Lipinski definition) is 7. The second-order valence-electron chi connectivity index (χ2n) is 4.51. The fraction of sp³-hybridized carbons (Fsp3) is 0.333. The smallest absolute Gasteiger partial charge is 0.225 e. The lowest BCUT2D eigenvalue weighted by Crippen LogP contribution is -2.41. The van der Waals surface area contributed by atoms with E-state index in [1.54, 1.807) is 24.8 Å². The van der Waals surface area contributed by atoms with Gasteiger partial charge in [-0.15, -0.1) is 0 Å². The number of hydrogen-bond donors (Lipinski definition) is 0. The normalized spacial score (nSPS) is 16.4. The van der Waals surface area contributed by atoms with Crippen LogP contribution in [0, 0.1) is 0 Å². The Morgan fingerprint density at radius 2 is 1.35 bits per heavy atom. The average Bonchev–Trinajstić information content (AvgIpc) is 2.52. The minimum absolute atomic E-state index is 0.187. The Hall–Kier alpha value is -0.840. The maximum absolute atomic E-state index is 11.2. The van der Waals surface area contributed by atoms with Crippen LogP contribution in [-0.4, -0.2) is 52.9 Å². The molecule has 23 heavy (non-hydrogen) atoms. The zero-order chi connectivity index (χ0) is 16.9. The van der Waals surface area contributed by atoms with Crippen molar-refractivity contribution in [2.24, 2.45) is 0 Å². The quantitative estimate of drug-likeness (QED) is 0.573. The zero-order valence-electron chi connectivity index (χ0n) is 11.7. The standard InChI is InChI=1S/C8H10BrN3O2S.C4H2BrClN2/c9-7-5-10-8(11-6-7)12-1-3-15(13,14)4-2-12;5-3-1-7-4(6)8-2-3/h5-6H,1-4H2;1-2H. The third-order valence-electron chi connectivity index (χ3n) is 2.82. The molecule has 0 amide bonds. The van der Waals surface area contributed by atoms with E-state index < -0.39 is 9.84 Å². The number of halogens is 3. The van der Waals surface area contributed by atoms with E-state index in [-0.39, 0.29) is 16.8 Å². The molecular formula is C12H12Br2ClN5O2S. The zero-order valence-corrected chi connectivity index (χ0v) is 16.5. The van der Waals surface area contributed by atoms with Crippen molar-refractivity contribution in [1.29, 1.82) is 0 Å². The van der Waals surface area contributed by atoms with Crippen LogP contribution in [0.25, 0.3) is 0 Å². The Bertz CT molecular complexity index is 708. The number of anilines is 1. The van der Waals surface area contributed by atoms with E-state index in [2.05, 4.69) is 51.8 Å². The van der Waals surface area contributed by atoms with Crippen LogP contribution < -0.4 is 4.90 Å². The van der Waals surface area contributed by atoms with Gasteiger partial charge in [0.1, 0.15) is 0 Å². The lowest BCUT2D eigenvalue weighted by molar-refractivity contribution is 0.585. The molecule has 0 bridgehead atoms. The second kappa shape index (κ2) is 8.32. The predicted molar refractivity (Wildman–Crippen MR) is 95.3 cm³/mol. The predicted octanol–water partition coefficient (Wildman–Crippen LogP) is 2.37. The van der Waals surface area contributed by atoms with Gasteiger partial charge in [-0.2, -0.15) is 0 Å². The lowest BCUT2D eigenvalue weighted by Gasteiger charge is -2.26. The van der Waals surface area contributed by atoms with Gasteiger partial charge in [-0.05, 0) is 43.5 Å². The monoisotopic (exact) mass is 483 g/mol. The highest BCUT2D eigenvalue weighted by molar-refractivity contribution is 9.10. The summed E-state index contributed by atoms with van der Waals surface area (Å²) >= 11 is 11.8. The van der Waals surface area contributed by atoms with Crippen molar-refractivity contribution in [3.8, 4) is 0 Å². The molecule has 0 spiro atoms. The molecule has 7 nitrogen and oxygen atoms in total. The third kappa shape index (κ3) is 6.28. The second-order valence-corrected chi connectivity index (χ2v) is 8.98. The van der Waals surface area contributed by atoms with Gasteiger partial charge in [-0.1, -0.05) is 0 Å². The Morgan fingerprint density at radius 1 is 0.913 bits per heavy atom. The van der Waals surface area contributed by atoms with Crippen molar-refractivity contribution >= 4 is 59.2 Å². The third-order valence-corrected chi connectivity index (χ3v) is 5.45. The minimum Gasteiger partial charge on any atom is -0.339 e. The molecule has 0 aromatic carbocycles. The van der Waals surface area contributed by atoms with Crippen LogP contribution in [0.2, 0.25) is 5.28 Å². The molecule has 2 aromatic heterocycles. The molecule has 2 aromatic rings. The first kappa shape index (κ1) is 18.5. The van der Waals surface area contributed by atoms with E-state index in [1.807, 2.05) is 4.90 Å². The van der Waals surface area contributed by atoms with Crippen LogP contribution in [0.1, 0.15) is 0 Å². The molecule has 1 aliphatic rings. The summed E-state index contributed by atoms with van der Waals surface area (Å²) in [5.41, 5.74) is 0.